The number of rotatable bonds is 6. The van der Waals surface area contributed by atoms with E-state index in [2.05, 4.69) is 43.5 Å². The summed E-state index contributed by atoms with van der Waals surface area (Å²) < 4.78 is 7.99. The predicted molar refractivity (Wildman–Crippen MR) is 107 cm³/mol. The molecular formula is C19H18BrN3OS. The lowest BCUT2D eigenvalue weighted by Crippen LogP contribution is -2.13. The summed E-state index contributed by atoms with van der Waals surface area (Å²) >= 11 is 5.13. The zero-order valence-corrected chi connectivity index (χ0v) is 16.2. The minimum atomic E-state index is 0.590. The molecule has 3 aromatic rings. The molecule has 128 valence electrons. The first kappa shape index (κ1) is 17.8. The van der Waals surface area contributed by atoms with Gasteiger partial charge in [-0.3, -0.25) is 4.99 Å². The molecule has 0 atom stereocenters. The Balaban J connectivity index is 2.04. The van der Waals surface area contributed by atoms with E-state index >= 15 is 0 Å². The normalized spacial score (nSPS) is 12.2. The number of thiazole rings is 1. The molecule has 1 aromatic heterocycles. The van der Waals surface area contributed by atoms with E-state index in [9.17, 15) is 0 Å². The van der Waals surface area contributed by atoms with Crippen LogP contribution in [0.25, 0.3) is 11.3 Å². The van der Waals surface area contributed by atoms with E-state index < -0.39 is 0 Å². The number of halogens is 1. The zero-order chi connectivity index (χ0) is 17.5. The first-order chi connectivity index (χ1) is 12.3. The second-order valence-electron chi connectivity index (χ2n) is 5.22. The summed E-state index contributed by atoms with van der Waals surface area (Å²) in [4.78, 5) is 5.45. The average Bonchev–Trinajstić information content (AvgIpc) is 3.05. The van der Waals surface area contributed by atoms with Gasteiger partial charge in [0, 0.05) is 28.1 Å². The fraction of sp³-hybridized carbons (Fsp3) is 0.158. The van der Waals surface area contributed by atoms with Gasteiger partial charge < -0.3 is 4.74 Å². The van der Waals surface area contributed by atoms with Gasteiger partial charge in [-0.2, -0.15) is 5.10 Å². The summed E-state index contributed by atoms with van der Waals surface area (Å²) in [7, 11) is 1.68. The van der Waals surface area contributed by atoms with Crippen molar-refractivity contribution in [1.29, 1.82) is 0 Å². The molecule has 0 saturated carbocycles. The number of hydrogen-bond acceptors (Lipinski definition) is 4. The molecule has 0 aliphatic heterocycles. The number of methoxy groups -OCH3 is 1. The lowest BCUT2D eigenvalue weighted by molar-refractivity contribution is 0.207. The molecule has 0 bridgehead atoms. The van der Waals surface area contributed by atoms with E-state index in [4.69, 9.17) is 4.74 Å². The van der Waals surface area contributed by atoms with E-state index in [0.717, 1.165) is 26.1 Å². The van der Waals surface area contributed by atoms with Crippen molar-refractivity contribution in [2.45, 2.75) is 0 Å². The van der Waals surface area contributed by atoms with Crippen molar-refractivity contribution >= 4 is 33.5 Å². The number of aromatic nitrogens is 1. The first-order valence-electron chi connectivity index (χ1n) is 7.84. The Kier molecular flexibility index (Phi) is 6.33. The lowest BCUT2D eigenvalue weighted by Gasteiger charge is -2.04. The number of hydrogen-bond donors (Lipinski definition) is 0. The quantitative estimate of drug-likeness (QED) is 0.434. The molecule has 0 saturated heterocycles. The molecule has 0 aliphatic carbocycles. The number of benzene rings is 2. The Hall–Kier alpha value is -2.02. The predicted octanol–water partition coefficient (Wildman–Crippen LogP) is 4.41. The van der Waals surface area contributed by atoms with Crippen LogP contribution in [0.5, 0.6) is 0 Å². The first-order valence-corrected chi connectivity index (χ1v) is 9.51. The molecule has 2 aromatic carbocycles. The highest BCUT2D eigenvalue weighted by Crippen LogP contribution is 2.20. The molecule has 0 amide bonds. The maximum absolute atomic E-state index is 5.10. The summed E-state index contributed by atoms with van der Waals surface area (Å²) in [5, 5.41) is 6.77. The molecule has 0 spiro atoms. The van der Waals surface area contributed by atoms with Crippen LogP contribution >= 0.6 is 27.3 Å². The highest BCUT2D eigenvalue weighted by Gasteiger charge is 2.07. The van der Waals surface area contributed by atoms with Gasteiger partial charge in [0.2, 0.25) is 4.80 Å². The summed E-state index contributed by atoms with van der Waals surface area (Å²) in [5.41, 5.74) is 3.14. The van der Waals surface area contributed by atoms with Crippen LogP contribution < -0.4 is 4.80 Å². The molecule has 25 heavy (non-hydrogen) atoms. The molecule has 0 N–H and O–H groups in total. The fourth-order valence-corrected chi connectivity index (χ4v) is 3.51. The number of nitrogens with zero attached hydrogens (tertiary/aromatic N) is 3. The second-order valence-corrected chi connectivity index (χ2v) is 6.91. The van der Waals surface area contributed by atoms with Gasteiger partial charge in [0.1, 0.15) is 0 Å². The van der Waals surface area contributed by atoms with Crippen LogP contribution in [0.2, 0.25) is 0 Å². The molecule has 0 fully saturated rings. The van der Waals surface area contributed by atoms with Crippen LogP contribution in [0.3, 0.4) is 0 Å². The van der Waals surface area contributed by atoms with Gasteiger partial charge in [0.15, 0.2) is 0 Å². The molecule has 0 unspecified atom stereocenters. The summed E-state index contributed by atoms with van der Waals surface area (Å²) in [6, 6.07) is 18.2. The van der Waals surface area contributed by atoms with Gasteiger partial charge in [0.25, 0.3) is 0 Å². The maximum Gasteiger partial charge on any atom is 0.206 e. The molecule has 1 heterocycles. The van der Waals surface area contributed by atoms with Crippen LogP contribution in [0.4, 0.5) is 0 Å². The molecule has 4 nitrogen and oxygen atoms in total. The summed E-state index contributed by atoms with van der Waals surface area (Å²) in [6.07, 6.45) is 1.85. The van der Waals surface area contributed by atoms with Gasteiger partial charge >= 0.3 is 0 Å². The Bertz CT molecular complexity index is 916. The average molecular weight is 416 g/mol. The molecule has 6 heteroatoms. The Morgan fingerprint density at radius 2 is 1.88 bits per heavy atom. The van der Waals surface area contributed by atoms with E-state index in [1.54, 1.807) is 18.4 Å². The molecule has 0 radical (unpaired) electrons. The maximum atomic E-state index is 5.10. The third-order valence-corrected chi connectivity index (χ3v) is 5.09. The van der Waals surface area contributed by atoms with E-state index in [1.807, 2.05) is 53.4 Å². The highest BCUT2D eigenvalue weighted by molar-refractivity contribution is 9.10. The van der Waals surface area contributed by atoms with Crippen LogP contribution in [-0.2, 0) is 4.74 Å². The number of ether oxygens (including phenoxy) is 1. The molecular weight excluding hydrogens is 398 g/mol. The van der Waals surface area contributed by atoms with Crippen molar-refractivity contribution < 1.29 is 4.74 Å². The Morgan fingerprint density at radius 3 is 2.64 bits per heavy atom. The van der Waals surface area contributed by atoms with E-state index in [1.165, 1.54) is 0 Å². The topological polar surface area (TPSA) is 38.9 Å². The van der Waals surface area contributed by atoms with Gasteiger partial charge in [-0.05, 0) is 6.07 Å². The van der Waals surface area contributed by atoms with Gasteiger partial charge in [-0.1, -0.05) is 64.5 Å². The van der Waals surface area contributed by atoms with Gasteiger partial charge in [-0.15, -0.1) is 11.3 Å². The second kappa shape index (κ2) is 8.89. The molecule has 0 aliphatic rings. The third kappa shape index (κ3) is 4.54. The van der Waals surface area contributed by atoms with Crippen LogP contribution in [0, 0.1) is 0 Å². The third-order valence-electron chi connectivity index (χ3n) is 3.51. The minimum absolute atomic E-state index is 0.590. The Labute approximate surface area is 159 Å². The lowest BCUT2D eigenvalue weighted by atomic mass is 10.2. The van der Waals surface area contributed by atoms with Crippen molar-refractivity contribution in [2.75, 3.05) is 20.3 Å². The van der Waals surface area contributed by atoms with Crippen molar-refractivity contribution in [3.8, 4) is 11.3 Å². The fourth-order valence-electron chi connectivity index (χ4n) is 2.26. The largest absolute Gasteiger partial charge is 0.383 e. The van der Waals surface area contributed by atoms with Gasteiger partial charge in [0.05, 0.1) is 25.1 Å². The van der Waals surface area contributed by atoms with E-state index in [0.29, 0.717) is 13.2 Å². The summed E-state index contributed by atoms with van der Waals surface area (Å²) in [5.74, 6) is 0. The SMILES string of the molecule is COCCN=c1scc(-c2ccccc2)n1/N=C\c1ccccc1Br. The standard InChI is InChI=1S/C19H18BrN3OS/c1-24-12-11-21-19-23(22-13-16-9-5-6-10-17(16)20)18(14-25-19)15-7-3-2-4-8-15/h2-10,13-14H,11-12H2,1H3/b21-19?,22-13-. The minimum Gasteiger partial charge on any atom is -0.383 e. The van der Waals surface area contributed by atoms with Crippen molar-refractivity contribution in [2.24, 2.45) is 10.1 Å². The van der Waals surface area contributed by atoms with Crippen LogP contribution in [-0.4, -0.2) is 31.2 Å². The monoisotopic (exact) mass is 415 g/mol. The van der Waals surface area contributed by atoms with Crippen molar-refractivity contribution in [3.05, 3.63) is 74.8 Å². The Morgan fingerprint density at radius 1 is 1.12 bits per heavy atom. The smallest absolute Gasteiger partial charge is 0.206 e. The highest BCUT2D eigenvalue weighted by atomic mass is 79.9. The summed E-state index contributed by atoms with van der Waals surface area (Å²) in [6.45, 7) is 1.20. The van der Waals surface area contributed by atoms with Crippen LogP contribution in [0.15, 0.2) is 74.5 Å². The molecule has 3 rings (SSSR count). The van der Waals surface area contributed by atoms with Crippen molar-refractivity contribution in [1.82, 2.24) is 4.68 Å². The van der Waals surface area contributed by atoms with Crippen molar-refractivity contribution in [3.63, 3.8) is 0 Å². The van der Waals surface area contributed by atoms with Gasteiger partial charge in [-0.25, -0.2) is 4.68 Å². The van der Waals surface area contributed by atoms with E-state index in [-0.39, 0.29) is 0 Å². The zero-order valence-electron chi connectivity index (χ0n) is 13.8. The van der Waals surface area contributed by atoms with Crippen LogP contribution in [0.1, 0.15) is 5.56 Å².